The van der Waals surface area contributed by atoms with Gasteiger partial charge in [0.25, 0.3) is 0 Å². The summed E-state index contributed by atoms with van der Waals surface area (Å²) in [5.41, 5.74) is 3.29. The summed E-state index contributed by atoms with van der Waals surface area (Å²) in [4.78, 5) is 0. The van der Waals surface area contributed by atoms with Crippen LogP contribution in [-0.4, -0.2) is 12.2 Å². The Labute approximate surface area is 177 Å². The van der Waals surface area contributed by atoms with Gasteiger partial charge in [-0.3, -0.25) is 5.32 Å². The Kier molecular flexibility index (Phi) is 5.56. The quantitative estimate of drug-likeness (QED) is 0.502. The van der Waals surface area contributed by atoms with Crippen LogP contribution in [0.15, 0.2) is 77.3 Å². The topological polar surface area (TPSA) is 53.5 Å². The molecule has 2 atom stereocenters. The molecule has 3 aromatic carbocycles. The fraction of sp³-hybridized carbons (Fsp3) is 0.130. The molecule has 2 unspecified atom stereocenters. The predicted molar refractivity (Wildman–Crippen MR) is 115 cm³/mol. The van der Waals surface area contributed by atoms with E-state index in [4.69, 9.17) is 4.74 Å². The number of hydrogen-bond acceptors (Lipinski definition) is 4. The van der Waals surface area contributed by atoms with Gasteiger partial charge in [-0.15, -0.1) is 0 Å². The van der Waals surface area contributed by atoms with E-state index in [0.717, 1.165) is 32.6 Å². The molecule has 0 saturated carbocycles. The fourth-order valence-electron chi connectivity index (χ4n) is 3.43. The lowest BCUT2D eigenvalue weighted by molar-refractivity contribution is 0.412. The second-order valence-corrected chi connectivity index (χ2v) is 7.71. The van der Waals surface area contributed by atoms with E-state index in [2.05, 4.69) is 26.6 Å². The lowest BCUT2D eigenvalue weighted by Gasteiger charge is -2.33. The first-order chi connectivity index (χ1) is 14.0. The molecular formula is C23H20BrFN2O2. The van der Waals surface area contributed by atoms with Gasteiger partial charge in [0.1, 0.15) is 23.5 Å². The molecule has 0 radical (unpaired) electrons. The SMILES string of the molecule is COc1cccc(C2=CC(c3cc(Br)ccc3O)NC(c3cccc(F)c3)N2)c1. The van der Waals surface area contributed by atoms with Gasteiger partial charge >= 0.3 is 0 Å². The summed E-state index contributed by atoms with van der Waals surface area (Å²) in [6.45, 7) is 0. The van der Waals surface area contributed by atoms with Crippen molar-refractivity contribution in [2.75, 3.05) is 7.11 Å². The van der Waals surface area contributed by atoms with Gasteiger partial charge in [0.05, 0.1) is 13.2 Å². The van der Waals surface area contributed by atoms with Crippen LogP contribution in [0.4, 0.5) is 4.39 Å². The van der Waals surface area contributed by atoms with E-state index in [0.29, 0.717) is 0 Å². The van der Waals surface area contributed by atoms with Crippen molar-refractivity contribution in [1.29, 1.82) is 0 Å². The molecule has 148 valence electrons. The summed E-state index contributed by atoms with van der Waals surface area (Å²) < 4.78 is 20.1. The zero-order valence-electron chi connectivity index (χ0n) is 15.7. The first-order valence-electron chi connectivity index (χ1n) is 9.16. The van der Waals surface area contributed by atoms with E-state index in [1.165, 1.54) is 12.1 Å². The normalized spacial score (nSPS) is 18.7. The molecule has 0 spiro atoms. The van der Waals surface area contributed by atoms with Crippen molar-refractivity contribution in [3.05, 3.63) is 99.8 Å². The molecule has 3 N–H and O–H groups in total. The van der Waals surface area contributed by atoms with Crippen LogP contribution in [0.25, 0.3) is 5.70 Å². The average Bonchev–Trinajstić information content (AvgIpc) is 2.75. The molecule has 29 heavy (non-hydrogen) atoms. The van der Waals surface area contributed by atoms with E-state index in [-0.39, 0.29) is 23.8 Å². The van der Waals surface area contributed by atoms with E-state index in [1.807, 2.05) is 42.5 Å². The van der Waals surface area contributed by atoms with Crippen molar-refractivity contribution < 1.29 is 14.2 Å². The van der Waals surface area contributed by atoms with Gasteiger partial charge in [-0.25, -0.2) is 4.39 Å². The highest BCUT2D eigenvalue weighted by molar-refractivity contribution is 9.10. The molecule has 1 heterocycles. The van der Waals surface area contributed by atoms with E-state index < -0.39 is 0 Å². The Morgan fingerprint density at radius 1 is 1.03 bits per heavy atom. The zero-order chi connectivity index (χ0) is 20.4. The molecule has 0 saturated heterocycles. The number of phenolic OH excluding ortho intramolecular Hbond substituents is 1. The van der Waals surface area contributed by atoms with E-state index >= 15 is 0 Å². The number of nitrogens with one attached hydrogen (secondary N) is 2. The van der Waals surface area contributed by atoms with Crippen LogP contribution in [0.5, 0.6) is 11.5 Å². The Bertz CT molecular complexity index is 1070. The van der Waals surface area contributed by atoms with Crippen molar-refractivity contribution in [1.82, 2.24) is 10.6 Å². The maximum absolute atomic E-state index is 13.8. The highest BCUT2D eigenvalue weighted by Gasteiger charge is 2.26. The van der Waals surface area contributed by atoms with Gasteiger partial charge in [-0.2, -0.15) is 0 Å². The van der Waals surface area contributed by atoms with Crippen LogP contribution < -0.4 is 15.4 Å². The second-order valence-electron chi connectivity index (χ2n) is 6.79. The maximum atomic E-state index is 13.8. The van der Waals surface area contributed by atoms with Crippen LogP contribution in [0, 0.1) is 5.82 Å². The molecule has 4 rings (SSSR count). The summed E-state index contributed by atoms with van der Waals surface area (Å²) in [6.07, 6.45) is 1.66. The Morgan fingerprint density at radius 2 is 1.86 bits per heavy atom. The molecule has 4 nitrogen and oxygen atoms in total. The largest absolute Gasteiger partial charge is 0.508 e. The number of hydrogen-bond donors (Lipinski definition) is 3. The summed E-state index contributed by atoms with van der Waals surface area (Å²) in [5, 5.41) is 17.3. The van der Waals surface area contributed by atoms with E-state index in [1.54, 1.807) is 25.3 Å². The molecule has 0 fully saturated rings. The third-order valence-corrected chi connectivity index (χ3v) is 5.36. The van der Waals surface area contributed by atoms with Crippen LogP contribution >= 0.6 is 15.9 Å². The molecule has 0 amide bonds. The zero-order valence-corrected chi connectivity index (χ0v) is 17.3. The second kappa shape index (κ2) is 8.27. The van der Waals surface area contributed by atoms with Crippen LogP contribution in [-0.2, 0) is 0 Å². The fourth-order valence-corrected chi connectivity index (χ4v) is 3.81. The lowest BCUT2D eigenvalue weighted by atomic mass is 9.98. The van der Waals surface area contributed by atoms with Crippen molar-refractivity contribution in [2.24, 2.45) is 0 Å². The average molecular weight is 455 g/mol. The van der Waals surface area contributed by atoms with Crippen molar-refractivity contribution in [3.63, 3.8) is 0 Å². The first-order valence-corrected chi connectivity index (χ1v) is 9.95. The van der Waals surface area contributed by atoms with Gasteiger partial charge in [-0.1, -0.05) is 40.2 Å². The van der Waals surface area contributed by atoms with E-state index in [9.17, 15) is 9.50 Å². The molecule has 0 bridgehead atoms. The third kappa shape index (κ3) is 4.28. The lowest BCUT2D eigenvalue weighted by Crippen LogP contribution is -2.39. The standard InChI is InChI=1S/C23H20BrFN2O2/c1-29-18-7-3-4-14(11-18)20-13-21(19-12-16(24)8-9-22(19)28)27-23(26-20)15-5-2-6-17(25)10-15/h2-13,21,23,26-28H,1H3. The van der Waals surface area contributed by atoms with Crippen LogP contribution in [0.2, 0.25) is 0 Å². The van der Waals surface area contributed by atoms with Crippen LogP contribution in [0.1, 0.15) is 28.9 Å². The summed E-state index contributed by atoms with van der Waals surface area (Å²) >= 11 is 3.47. The molecule has 6 heteroatoms. The Morgan fingerprint density at radius 3 is 2.66 bits per heavy atom. The Balaban J connectivity index is 1.79. The smallest absolute Gasteiger partial charge is 0.123 e. The first kappa shape index (κ1) is 19.5. The predicted octanol–water partition coefficient (Wildman–Crippen LogP) is 5.28. The minimum atomic E-state index is -0.347. The van der Waals surface area contributed by atoms with Crippen LogP contribution in [0.3, 0.4) is 0 Å². The molecule has 0 aromatic heterocycles. The molecular weight excluding hydrogens is 435 g/mol. The minimum Gasteiger partial charge on any atom is -0.508 e. The Hall–Kier alpha value is -2.83. The molecule has 1 aliphatic rings. The number of methoxy groups -OCH3 is 1. The highest BCUT2D eigenvalue weighted by atomic mass is 79.9. The molecule has 0 aliphatic carbocycles. The number of benzene rings is 3. The summed E-state index contributed by atoms with van der Waals surface area (Å²) in [7, 11) is 1.63. The summed E-state index contributed by atoms with van der Waals surface area (Å²) in [5.74, 6) is 0.630. The molecule has 3 aromatic rings. The number of rotatable bonds is 4. The maximum Gasteiger partial charge on any atom is 0.123 e. The van der Waals surface area contributed by atoms with Crippen molar-refractivity contribution in [2.45, 2.75) is 12.2 Å². The minimum absolute atomic E-state index is 0.187. The number of aromatic hydroxyl groups is 1. The van der Waals surface area contributed by atoms with Gasteiger partial charge < -0.3 is 15.2 Å². The van der Waals surface area contributed by atoms with Gasteiger partial charge in [0, 0.05) is 21.3 Å². The van der Waals surface area contributed by atoms with Gasteiger partial charge in [0.2, 0.25) is 0 Å². The molecule has 1 aliphatic heterocycles. The van der Waals surface area contributed by atoms with Gasteiger partial charge in [0.15, 0.2) is 0 Å². The third-order valence-electron chi connectivity index (χ3n) is 4.87. The highest BCUT2D eigenvalue weighted by Crippen LogP contribution is 2.35. The summed E-state index contributed by atoms with van der Waals surface area (Å²) in [6, 6.07) is 19.2. The number of ether oxygens (including phenoxy) is 1. The number of halogens is 2. The van der Waals surface area contributed by atoms with Gasteiger partial charge in [-0.05, 0) is 54.1 Å². The van der Waals surface area contributed by atoms with Crippen molar-refractivity contribution in [3.8, 4) is 11.5 Å². The monoisotopic (exact) mass is 454 g/mol. The number of phenols is 1. The van der Waals surface area contributed by atoms with Crippen molar-refractivity contribution >= 4 is 21.6 Å².